The second-order valence-electron chi connectivity index (χ2n) is 5.37. The third kappa shape index (κ3) is 4.89. The molecular weight excluding hydrogens is 283 g/mol. The molecule has 6 heteroatoms. The second kappa shape index (κ2) is 7.66. The van der Waals surface area contributed by atoms with Gasteiger partial charge in [0.15, 0.2) is 11.6 Å². The molecule has 0 spiro atoms. The lowest BCUT2D eigenvalue weighted by atomic mass is 9.98. The molecular formula is C15H20F3NO2. The highest BCUT2D eigenvalue weighted by atomic mass is 19.2. The van der Waals surface area contributed by atoms with Crippen LogP contribution >= 0.6 is 0 Å². The lowest BCUT2D eigenvalue weighted by Gasteiger charge is -2.23. The summed E-state index contributed by atoms with van der Waals surface area (Å²) < 4.78 is 44.7. The summed E-state index contributed by atoms with van der Waals surface area (Å²) in [6.07, 6.45) is 4.83. The quantitative estimate of drug-likeness (QED) is 0.793. The van der Waals surface area contributed by atoms with Crippen LogP contribution < -0.4 is 5.32 Å². The molecule has 0 aromatic heterocycles. The smallest absolute Gasteiger partial charge is 0.161 e. The second-order valence-corrected chi connectivity index (χ2v) is 5.37. The van der Waals surface area contributed by atoms with E-state index in [1.807, 2.05) is 0 Å². The molecule has 1 saturated carbocycles. The van der Waals surface area contributed by atoms with E-state index in [2.05, 4.69) is 5.32 Å². The molecule has 2 rings (SSSR count). The maximum Gasteiger partial charge on any atom is 0.161 e. The molecule has 1 aromatic carbocycles. The predicted molar refractivity (Wildman–Crippen MR) is 73.6 cm³/mol. The standard InChI is InChI=1S/C15H20F3NO2/c16-12-6-14(18)15(7-13(12)17)19-8-10(20)9-21-11-4-2-1-3-5-11/h6-7,10-11,19-20H,1-5,8-9H2. The number of hydrogen-bond acceptors (Lipinski definition) is 3. The van der Waals surface area contributed by atoms with Crippen molar-refractivity contribution in [3.05, 3.63) is 29.6 Å². The van der Waals surface area contributed by atoms with Crippen molar-refractivity contribution in [1.29, 1.82) is 0 Å². The van der Waals surface area contributed by atoms with E-state index in [1.54, 1.807) is 0 Å². The summed E-state index contributed by atoms with van der Waals surface area (Å²) in [6.45, 7) is 0.150. The van der Waals surface area contributed by atoms with Crippen LogP contribution in [0, 0.1) is 17.5 Å². The zero-order chi connectivity index (χ0) is 15.2. The van der Waals surface area contributed by atoms with Gasteiger partial charge in [-0.05, 0) is 12.8 Å². The molecule has 21 heavy (non-hydrogen) atoms. The number of hydrogen-bond donors (Lipinski definition) is 2. The normalized spacial score (nSPS) is 17.7. The molecule has 3 nitrogen and oxygen atoms in total. The van der Waals surface area contributed by atoms with E-state index in [9.17, 15) is 18.3 Å². The van der Waals surface area contributed by atoms with Gasteiger partial charge in [0.25, 0.3) is 0 Å². The maximum atomic E-state index is 13.4. The van der Waals surface area contributed by atoms with E-state index in [-0.39, 0.29) is 24.9 Å². The molecule has 1 aliphatic rings. The van der Waals surface area contributed by atoms with E-state index < -0.39 is 23.6 Å². The largest absolute Gasteiger partial charge is 0.389 e. The van der Waals surface area contributed by atoms with Crippen molar-refractivity contribution < 1.29 is 23.0 Å². The van der Waals surface area contributed by atoms with Crippen molar-refractivity contribution in [1.82, 2.24) is 0 Å². The van der Waals surface area contributed by atoms with Crippen LogP contribution in [0.3, 0.4) is 0 Å². The number of aliphatic hydroxyl groups excluding tert-OH is 1. The highest BCUT2D eigenvalue weighted by molar-refractivity contribution is 5.45. The van der Waals surface area contributed by atoms with Crippen LogP contribution in [0.5, 0.6) is 0 Å². The Balaban J connectivity index is 1.75. The van der Waals surface area contributed by atoms with E-state index in [0.29, 0.717) is 6.07 Å². The predicted octanol–water partition coefficient (Wildman–Crippen LogP) is 3.23. The van der Waals surface area contributed by atoms with Crippen LogP contribution in [0.1, 0.15) is 32.1 Å². The van der Waals surface area contributed by atoms with Gasteiger partial charge in [-0.25, -0.2) is 13.2 Å². The van der Waals surface area contributed by atoms with Crippen LogP contribution in [0.15, 0.2) is 12.1 Å². The molecule has 1 fully saturated rings. The van der Waals surface area contributed by atoms with Crippen LogP contribution in [-0.4, -0.2) is 30.5 Å². The highest BCUT2D eigenvalue weighted by Gasteiger charge is 2.16. The third-order valence-electron chi connectivity index (χ3n) is 3.61. The Hall–Kier alpha value is -1.27. The average Bonchev–Trinajstić information content (AvgIpc) is 2.48. The Labute approximate surface area is 122 Å². The molecule has 0 saturated heterocycles. The molecule has 0 amide bonds. The fraction of sp³-hybridized carbons (Fsp3) is 0.600. The van der Waals surface area contributed by atoms with Gasteiger partial charge in [0.1, 0.15) is 5.82 Å². The van der Waals surface area contributed by atoms with Gasteiger partial charge < -0.3 is 15.2 Å². The number of halogens is 3. The third-order valence-corrected chi connectivity index (χ3v) is 3.61. The maximum absolute atomic E-state index is 13.4. The molecule has 0 bridgehead atoms. The monoisotopic (exact) mass is 303 g/mol. The van der Waals surface area contributed by atoms with E-state index in [1.165, 1.54) is 6.42 Å². The van der Waals surface area contributed by atoms with Crippen molar-refractivity contribution >= 4 is 5.69 Å². The van der Waals surface area contributed by atoms with E-state index in [4.69, 9.17) is 4.74 Å². The summed E-state index contributed by atoms with van der Waals surface area (Å²) >= 11 is 0. The van der Waals surface area contributed by atoms with Crippen molar-refractivity contribution in [2.75, 3.05) is 18.5 Å². The summed E-state index contributed by atoms with van der Waals surface area (Å²) in [5, 5.41) is 12.3. The van der Waals surface area contributed by atoms with E-state index >= 15 is 0 Å². The van der Waals surface area contributed by atoms with E-state index in [0.717, 1.165) is 31.7 Å². The Kier molecular flexibility index (Phi) is 5.87. The number of benzene rings is 1. The van der Waals surface area contributed by atoms with Gasteiger partial charge in [-0.2, -0.15) is 0 Å². The molecule has 0 radical (unpaired) electrons. The van der Waals surface area contributed by atoms with Gasteiger partial charge in [0.2, 0.25) is 0 Å². The minimum Gasteiger partial charge on any atom is -0.389 e. The van der Waals surface area contributed by atoms with Gasteiger partial charge >= 0.3 is 0 Å². The SMILES string of the molecule is OC(CNc1cc(F)c(F)cc1F)COC1CCCCC1. The molecule has 2 N–H and O–H groups in total. The molecule has 0 aliphatic heterocycles. The Morgan fingerprint density at radius 2 is 1.76 bits per heavy atom. The van der Waals surface area contributed by atoms with Crippen LogP contribution in [-0.2, 0) is 4.74 Å². The van der Waals surface area contributed by atoms with Crippen molar-refractivity contribution in [2.45, 2.75) is 44.3 Å². The zero-order valence-electron chi connectivity index (χ0n) is 11.7. The lowest BCUT2D eigenvalue weighted by Crippen LogP contribution is -2.29. The summed E-state index contributed by atoms with van der Waals surface area (Å²) in [5.74, 6) is -3.26. The van der Waals surface area contributed by atoms with Gasteiger partial charge in [-0.1, -0.05) is 19.3 Å². The van der Waals surface area contributed by atoms with Crippen molar-refractivity contribution in [2.24, 2.45) is 0 Å². The summed E-state index contributed by atoms with van der Waals surface area (Å²) in [5.41, 5.74) is -0.175. The molecule has 1 unspecified atom stereocenters. The molecule has 0 heterocycles. The topological polar surface area (TPSA) is 41.5 Å². The number of nitrogens with one attached hydrogen (secondary N) is 1. The lowest BCUT2D eigenvalue weighted by molar-refractivity contribution is -0.0195. The van der Waals surface area contributed by atoms with Gasteiger partial charge in [0, 0.05) is 18.7 Å². The van der Waals surface area contributed by atoms with Crippen LogP contribution in [0.25, 0.3) is 0 Å². The van der Waals surface area contributed by atoms with Crippen molar-refractivity contribution in [3.63, 3.8) is 0 Å². The summed E-state index contributed by atoms with van der Waals surface area (Å²) in [6, 6.07) is 1.21. The molecule has 1 aromatic rings. The van der Waals surface area contributed by atoms with Crippen molar-refractivity contribution in [3.8, 4) is 0 Å². The van der Waals surface area contributed by atoms with Gasteiger partial charge in [-0.15, -0.1) is 0 Å². The highest BCUT2D eigenvalue weighted by Crippen LogP contribution is 2.21. The number of rotatable bonds is 6. The first-order valence-corrected chi connectivity index (χ1v) is 7.24. The average molecular weight is 303 g/mol. The molecule has 1 atom stereocenters. The Bertz CT molecular complexity index is 464. The number of aliphatic hydroxyl groups is 1. The van der Waals surface area contributed by atoms with Crippen LogP contribution in [0.2, 0.25) is 0 Å². The molecule has 1 aliphatic carbocycles. The minimum absolute atomic E-state index is 0.00864. The molecule has 118 valence electrons. The summed E-state index contributed by atoms with van der Waals surface area (Å²) in [7, 11) is 0. The van der Waals surface area contributed by atoms with Gasteiger partial charge in [0.05, 0.1) is 24.5 Å². The first-order valence-electron chi connectivity index (χ1n) is 7.24. The number of ether oxygens (including phenoxy) is 1. The Morgan fingerprint density at radius 3 is 2.48 bits per heavy atom. The fourth-order valence-corrected chi connectivity index (χ4v) is 2.42. The van der Waals surface area contributed by atoms with Crippen LogP contribution in [0.4, 0.5) is 18.9 Å². The number of anilines is 1. The first kappa shape index (κ1) is 16.1. The summed E-state index contributed by atoms with van der Waals surface area (Å²) in [4.78, 5) is 0. The zero-order valence-corrected chi connectivity index (χ0v) is 11.7. The fourth-order valence-electron chi connectivity index (χ4n) is 2.42. The first-order chi connectivity index (χ1) is 10.1. The Morgan fingerprint density at radius 1 is 1.10 bits per heavy atom. The minimum atomic E-state index is -1.24. The van der Waals surface area contributed by atoms with Gasteiger partial charge in [-0.3, -0.25) is 0 Å².